The number of nitrogens with one attached hydrogen (secondary N) is 3. The quantitative estimate of drug-likeness (QED) is 0.509. The van der Waals surface area contributed by atoms with Crippen LogP contribution >= 0.6 is 11.6 Å². The average Bonchev–Trinajstić information content (AvgIpc) is 2.69. The fourth-order valence-electron chi connectivity index (χ4n) is 2.90. The van der Waals surface area contributed by atoms with E-state index in [0.29, 0.717) is 22.8 Å². The third-order valence-corrected chi connectivity index (χ3v) is 4.56. The molecule has 3 aromatic carbocycles. The van der Waals surface area contributed by atoms with Gasteiger partial charge in [0.2, 0.25) is 11.8 Å². The number of benzene rings is 3. The molecule has 0 atom stereocenters. The van der Waals surface area contributed by atoms with Crippen LogP contribution in [0, 0.1) is 0 Å². The largest absolute Gasteiger partial charge is 0.376 e. The monoisotopic (exact) mass is 395 g/mol. The smallest absolute Gasteiger partial charge is 0.243 e. The maximum Gasteiger partial charge on any atom is 0.243 e. The Morgan fingerprint density at radius 2 is 1.68 bits per heavy atom. The van der Waals surface area contributed by atoms with E-state index in [-0.39, 0.29) is 18.4 Å². The Morgan fingerprint density at radius 3 is 2.50 bits per heavy atom. The molecule has 0 aromatic heterocycles. The molecule has 28 heavy (non-hydrogen) atoms. The first-order valence-corrected chi connectivity index (χ1v) is 9.55. The molecule has 0 radical (unpaired) electrons. The molecule has 0 aliphatic heterocycles. The molecule has 0 saturated heterocycles. The second kappa shape index (κ2) is 9.24. The number of rotatable bonds is 7. The third-order valence-electron chi connectivity index (χ3n) is 4.23. The van der Waals surface area contributed by atoms with E-state index in [1.807, 2.05) is 49.4 Å². The SMILES string of the molecule is CCCC(=O)Nc1ccc(Cl)c(NC(=O)CNc2cccc3ccccc23)c1. The maximum absolute atomic E-state index is 12.4. The minimum atomic E-state index is -0.230. The Morgan fingerprint density at radius 1 is 0.893 bits per heavy atom. The molecular formula is C22H22ClN3O2. The normalized spacial score (nSPS) is 10.5. The Bertz CT molecular complexity index is 999. The van der Waals surface area contributed by atoms with Crippen LogP contribution in [0.3, 0.4) is 0 Å². The second-order valence-corrected chi connectivity index (χ2v) is 6.83. The topological polar surface area (TPSA) is 70.2 Å². The van der Waals surface area contributed by atoms with Crippen molar-refractivity contribution in [3.8, 4) is 0 Å². The van der Waals surface area contributed by atoms with Gasteiger partial charge in [0, 0.05) is 23.2 Å². The van der Waals surface area contributed by atoms with Gasteiger partial charge in [0.25, 0.3) is 0 Å². The standard InChI is InChI=1S/C22H22ClN3O2/c1-2-6-21(27)25-16-11-12-18(23)20(13-16)26-22(28)14-24-19-10-5-8-15-7-3-4-9-17(15)19/h3-5,7-13,24H,2,6,14H2,1H3,(H,25,27)(H,26,28). The molecule has 3 aromatic rings. The van der Waals surface area contributed by atoms with Gasteiger partial charge in [-0.05, 0) is 36.1 Å². The van der Waals surface area contributed by atoms with Crippen molar-refractivity contribution in [2.75, 3.05) is 22.5 Å². The highest BCUT2D eigenvalue weighted by atomic mass is 35.5. The van der Waals surface area contributed by atoms with Gasteiger partial charge in [-0.25, -0.2) is 0 Å². The van der Waals surface area contributed by atoms with Crippen LogP contribution in [0.2, 0.25) is 5.02 Å². The lowest BCUT2D eigenvalue weighted by Crippen LogP contribution is -2.22. The number of carbonyl (C=O) groups excluding carboxylic acids is 2. The first kappa shape index (κ1) is 19.7. The number of hydrogen-bond acceptors (Lipinski definition) is 3. The molecule has 5 nitrogen and oxygen atoms in total. The van der Waals surface area contributed by atoms with Crippen molar-refractivity contribution < 1.29 is 9.59 Å². The zero-order chi connectivity index (χ0) is 19.9. The van der Waals surface area contributed by atoms with Crippen LogP contribution in [0.1, 0.15) is 19.8 Å². The molecule has 3 rings (SSSR count). The summed E-state index contributed by atoms with van der Waals surface area (Å²) in [4.78, 5) is 24.1. The highest BCUT2D eigenvalue weighted by Crippen LogP contribution is 2.26. The molecule has 2 amide bonds. The summed E-state index contributed by atoms with van der Waals surface area (Å²) in [5, 5.41) is 11.3. The molecule has 0 saturated carbocycles. The van der Waals surface area contributed by atoms with Crippen LogP contribution in [0.25, 0.3) is 10.8 Å². The average molecular weight is 396 g/mol. The van der Waals surface area contributed by atoms with E-state index >= 15 is 0 Å². The van der Waals surface area contributed by atoms with E-state index in [1.165, 1.54) is 0 Å². The van der Waals surface area contributed by atoms with E-state index < -0.39 is 0 Å². The van der Waals surface area contributed by atoms with Gasteiger partial charge in [-0.15, -0.1) is 0 Å². The van der Waals surface area contributed by atoms with Crippen LogP contribution < -0.4 is 16.0 Å². The Labute approximate surface area is 169 Å². The summed E-state index contributed by atoms with van der Waals surface area (Å²) in [6.07, 6.45) is 1.21. The fraction of sp³-hybridized carbons (Fsp3) is 0.182. The minimum absolute atomic E-state index is 0.0697. The van der Waals surface area contributed by atoms with Crippen molar-refractivity contribution in [2.45, 2.75) is 19.8 Å². The summed E-state index contributed by atoms with van der Waals surface area (Å²) < 4.78 is 0. The van der Waals surface area contributed by atoms with Gasteiger partial charge in [0.15, 0.2) is 0 Å². The van der Waals surface area contributed by atoms with Gasteiger partial charge in [-0.1, -0.05) is 54.9 Å². The van der Waals surface area contributed by atoms with Crippen LogP contribution in [-0.2, 0) is 9.59 Å². The van der Waals surface area contributed by atoms with Crippen LogP contribution in [0.15, 0.2) is 60.7 Å². The van der Waals surface area contributed by atoms with Crippen LogP contribution in [0.5, 0.6) is 0 Å². The minimum Gasteiger partial charge on any atom is -0.376 e. The summed E-state index contributed by atoms with van der Waals surface area (Å²) in [5.41, 5.74) is 1.95. The van der Waals surface area contributed by atoms with Gasteiger partial charge in [0.05, 0.1) is 17.3 Å². The van der Waals surface area contributed by atoms with Crippen molar-refractivity contribution in [2.24, 2.45) is 0 Å². The first-order valence-electron chi connectivity index (χ1n) is 9.17. The van der Waals surface area contributed by atoms with Gasteiger partial charge in [-0.2, -0.15) is 0 Å². The lowest BCUT2D eigenvalue weighted by molar-refractivity contribution is -0.116. The predicted molar refractivity (Wildman–Crippen MR) is 116 cm³/mol. The third kappa shape index (κ3) is 5.02. The lowest BCUT2D eigenvalue weighted by Gasteiger charge is -2.12. The number of halogens is 1. The molecule has 144 valence electrons. The molecule has 3 N–H and O–H groups in total. The number of fused-ring (bicyclic) bond motifs is 1. The number of anilines is 3. The summed E-state index contributed by atoms with van der Waals surface area (Å²) in [6.45, 7) is 2.03. The van der Waals surface area contributed by atoms with Crippen molar-refractivity contribution in [1.29, 1.82) is 0 Å². The Hall–Kier alpha value is -3.05. The van der Waals surface area contributed by atoms with E-state index in [0.717, 1.165) is 22.9 Å². The Balaban J connectivity index is 1.65. The molecular weight excluding hydrogens is 374 g/mol. The van der Waals surface area contributed by atoms with Gasteiger partial charge < -0.3 is 16.0 Å². The van der Waals surface area contributed by atoms with E-state index in [2.05, 4.69) is 16.0 Å². The van der Waals surface area contributed by atoms with Crippen molar-refractivity contribution in [3.05, 3.63) is 65.7 Å². The summed E-state index contributed by atoms with van der Waals surface area (Å²) >= 11 is 6.19. The predicted octanol–water partition coefficient (Wildman–Crippen LogP) is 5.28. The van der Waals surface area contributed by atoms with E-state index in [4.69, 9.17) is 11.6 Å². The van der Waals surface area contributed by atoms with E-state index in [1.54, 1.807) is 18.2 Å². The molecule has 0 heterocycles. The number of carbonyl (C=O) groups is 2. The zero-order valence-corrected chi connectivity index (χ0v) is 16.3. The van der Waals surface area contributed by atoms with Crippen molar-refractivity contribution in [3.63, 3.8) is 0 Å². The van der Waals surface area contributed by atoms with E-state index in [9.17, 15) is 9.59 Å². The molecule has 0 bridgehead atoms. The molecule has 0 unspecified atom stereocenters. The Kier molecular flexibility index (Phi) is 6.50. The van der Waals surface area contributed by atoms with Crippen molar-refractivity contribution >= 4 is 51.2 Å². The molecule has 0 aliphatic rings. The summed E-state index contributed by atoms with van der Waals surface area (Å²) in [5.74, 6) is -0.299. The highest BCUT2D eigenvalue weighted by Gasteiger charge is 2.09. The first-order chi connectivity index (χ1) is 13.6. The molecule has 0 aliphatic carbocycles. The number of hydrogen-bond donors (Lipinski definition) is 3. The maximum atomic E-state index is 12.4. The highest BCUT2D eigenvalue weighted by molar-refractivity contribution is 6.34. The second-order valence-electron chi connectivity index (χ2n) is 6.42. The van der Waals surface area contributed by atoms with Gasteiger partial charge >= 0.3 is 0 Å². The zero-order valence-electron chi connectivity index (χ0n) is 15.6. The summed E-state index contributed by atoms with van der Waals surface area (Å²) in [6, 6.07) is 18.9. The molecule has 0 spiro atoms. The van der Waals surface area contributed by atoms with Gasteiger partial charge in [-0.3, -0.25) is 9.59 Å². The fourth-order valence-corrected chi connectivity index (χ4v) is 3.06. The molecule has 0 fully saturated rings. The van der Waals surface area contributed by atoms with Crippen molar-refractivity contribution in [1.82, 2.24) is 0 Å². The molecule has 6 heteroatoms. The van der Waals surface area contributed by atoms with Crippen LogP contribution in [0.4, 0.5) is 17.1 Å². The number of amides is 2. The van der Waals surface area contributed by atoms with Crippen LogP contribution in [-0.4, -0.2) is 18.4 Å². The summed E-state index contributed by atoms with van der Waals surface area (Å²) in [7, 11) is 0. The van der Waals surface area contributed by atoms with Gasteiger partial charge in [0.1, 0.15) is 0 Å². The lowest BCUT2D eigenvalue weighted by atomic mass is 10.1.